The fraction of sp³-hybridized carbons (Fsp3) is 0.400. The predicted molar refractivity (Wildman–Crippen MR) is 104 cm³/mol. The van der Waals surface area contributed by atoms with Gasteiger partial charge in [-0.1, -0.05) is 18.2 Å². The van der Waals surface area contributed by atoms with E-state index < -0.39 is 0 Å². The summed E-state index contributed by atoms with van der Waals surface area (Å²) in [5.41, 5.74) is 4.93. The highest BCUT2D eigenvalue weighted by Gasteiger charge is 2.22. The van der Waals surface area contributed by atoms with Crippen LogP contribution in [0.1, 0.15) is 11.4 Å². The van der Waals surface area contributed by atoms with Gasteiger partial charge in [0.15, 0.2) is 5.65 Å². The summed E-state index contributed by atoms with van der Waals surface area (Å²) < 4.78 is 7.58. The van der Waals surface area contributed by atoms with Crippen LogP contribution in [0, 0.1) is 13.8 Å². The van der Waals surface area contributed by atoms with Gasteiger partial charge in [-0.3, -0.25) is 0 Å². The van der Waals surface area contributed by atoms with Crippen LogP contribution >= 0.6 is 0 Å². The van der Waals surface area contributed by atoms with Gasteiger partial charge < -0.3 is 14.5 Å². The maximum atomic E-state index is 5.58. The number of piperazine rings is 1. The van der Waals surface area contributed by atoms with Gasteiger partial charge in [0.2, 0.25) is 0 Å². The molecular formula is C20H25N5O. The SMILES string of the molecule is COc1ccccc1-c1c(C)nn2c(N3CCN(C)CC3)cc(C)nc12. The molecule has 1 aliphatic heterocycles. The molecule has 0 atom stereocenters. The van der Waals surface area contributed by atoms with Crippen molar-refractivity contribution in [3.8, 4) is 16.9 Å². The number of aromatic nitrogens is 3. The van der Waals surface area contributed by atoms with Gasteiger partial charge in [0.1, 0.15) is 11.6 Å². The van der Waals surface area contributed by atoms with E-state index in [2.05, 4.69) is 29.0 Å². The second-order valence-corrected chi connectivity index (χ2v) is 6.94. The summed E-state index contributed by atoms with van der Waals surface area (Å²) >= 11 is 0. The minimum absolute atomic E-state index is 0.843. The highest BCUT2D eigenvalue weighted by Crippen LogP contribution is 2.35. The largest absolute Gasteiger partial charge is 0.496 e. The first kappa shape index (κ1) is 16.8. The Morgan fingerprint density at radius 1 is 1.04 bits per heavy atom. The normalized spacial score (nSPS) is 15.6. The van der Waals surface area contributed by atoms with Gasteiger partial charge in [0.05, 0.1) is 18.4 Å². The van der Waals surface area contributed by atoms with Crippen molar-refractivity contribution in [3.63, 3.8) is 0 Å². The van der Waals surface area contributed by atoms with Crippen molar-refractivity contribution in [2.45, 2.75) is 13.8 Å². The average Bonchev–Trinajstić information content (AvgIpc) is 2.97. The van der Waals surface area contributed by atoms with Gasteiger partial charge in [0.25, 0.3) is 0 Å². The maximum Gasteiger partial charge on any atom is 0.165 e. The molecule has 3 aromatic rings. The summed E-state index contributed by atoms with van der Waals surface area (Å²) in [5.74, 6) is 1.96. The van der Waals surface area contributed by atoms with Crippen molar-refractivity contribution in [2.75, 3.05) is 45.2 Å². The van der Waals surface area contributed by atoms with E-state index in [4.69, 9.17) is 14.8 Å². The molecule has 6 nitrogen and oxygen atoms in total. The van der Waals surface area contributed by atoms with Crippen LogP contribution in [0.25, 0.3) is 16.8 Å². The molecule has 0 radical (unpaired) electrons. The molecule has 0 N–H and O–H groups in total. The predicted octanol–water partition coefficient (Wildman–Crippen LogP) is 2.77. The Labute approximate surface area is 154 Å². The quantitative estimate of drug-likeness (QED) is 0.726. The van der Waals surface area contributed by atoms with Gasteiger partial charge in [0, 0.05) is 43.5 Å². The first-order valence-corrected chi connectivity index (χ1v) is 9.02. The summed E-state index contributed by atoms with van der Waals surface area (Å²) in [7, 11) is 3.87. The van der Waals surface area contributed by atoms with Crippen LogP contribution in [-0.4, -0.2) is 59.8 Å². The third kappa shape index (κ3) is 2.80. The minimum Gasteiger partial charge on any atom is -0.496 e. The van der Waals surface area contributed by atoms with Crippen molar-refractivity contribution < 1.29 is 4.74 Å². The van der Waals surface area contributed by atoms with Gasteiger partial charge in [-0.05, 0) is 27.0 Å². The molecule has 0 unspecified atom stereocenters. The van der Waals surface area contributed by atoms with Crippen molar-refractivity contribution in [1.29, 1.82) is 0 Å². The molecule has 4 rings (SSSR count). The summed E-state index contributed by atoms with van der Waals surface area (Å²) in [4.78, 5) is 9.59. The van der Waals surface area contributed by atoms with Crippen LogP contribution < -0.4 is 9.64 Å². The maximum absolute atomic E-state index is 5.58. The number of nitrogens with zero attached hydrogens (tertiary/aromatic N) is 5. The lowest BCUT2D eigenvalue weighted by Crippen LogP contribution is -2.45. The second kappa shape index (κ2) is 6.61. The van der Waals surface area contributed by atoms with Crippen LogP contribution in [0.2, 0.25) is 0 Å². The van der Waals surface area contributed by atoms with Gasteiger partial charge in [-0.25, -0.2) is 4.98 Å². The van der Waals surface area contributed by atoms with Crippen LogP contribution in [0.5, 0.6) is 5.75 Å². The van der Waals surface area contributed by atoms with E-state index in [1.54, 1.807) is 7.11 Å². The molecule has 0 saturated carbocycles. The lowest BCUT2D eigenvalue weighted by atomic mass is 10.1. The Kier molecular flexibility index (Phi) is 4.28. The molecule has 1 aliphatic rings. The van der Waals surface area contributed by atoms with Crippen LogP contribution in [0.3, 0.4) is 0 Å². The number of likely N-dealkylation sites (N-methyl/N-ethyl adjacent to an activating group) is 1. The third-order valence-corrected chi connectivity index (χ3v) is 5.08. The highest BCUT2D eigenvalue weighted by atomic mass is 16.5. The van der Waals surface area contributed by atoms with E-state index in [0.717, 1.165) is 65.9 Å². The Balaban J connectivity index is 1.90. The zero-order chi connectivity index (χ0) is 18.3. The number of hydrogen-bond acceptors (Lipinski definition) is 5. The zero-order valence-corrected chi connectivity index (χ0v) is 15.9. The van der Waals surface area contributed by atoms with E-state index in [-0.39, 0.29) is 0 Å². The molecule has 6 heteroatoms. The number of fused-ring (bicyclic) bond motifs is 1. The lowest BCUT2D eigenvalue weighted by Gasteiger charge is -2.34. The molecule has 0 spiro atoms. The van der Waals surface area contributed by atoms with E-state index >= 15 is 0 Å². The van der Waals surface area contributed by atoms with Crippen molar-refractivity contribution in [3.05, 3.63) is 41.7 Å². The van der Waals surface area contributed by atoms with E-state index in [0.29, 0.717) is 0 Å². The second-order valence-electron chi connectivity index (χ2n) is 6.94. The Bertz CT molecular complexity index is 941. The Morgan fingerprint density at radius 2 is 1.77 bits per heavy atom. The Morgan fingerprint density at radius 3 is 2.50 bits per heavy atom. The molecule has 1 fully saturated rings. The fourth-order valence-electron chi connectivity index (χ4n) is 3.65. The smallest absolute Gasteiger partial charge is 0.165 e. The number of hydrogen-bond donors (Lipinski definition) is 0. The average molecular weight is 351 g/mol. The molecule has 136 valence electrons. The van der Waals surface area contributed by atoms with Gasteiger partial charge >= 0.3 is 0 Å². The van der Waals surface area contributed by atoms with Crippen LogP contribution in [-0.2, 0) is 0 Å². The fourth-order valence-corrected chi connectivity index (χ4v) is 3.65. The monoisotopic (exact) mass is 351 g/mol. The number of rotatable bonds is 3. The molecule has 2 aromatic heterocycles. The first-order valence-electron chi connectivity index (χ1n) is 9.02. The van der Waals surface area contributed by atoms with Crippen LogP contribution in [0.4, 0.5) is 5.82 Å². The van der Waals surface area contributed by atoms with Gasteiger partial charge in [-0.2, -0.15) is 9.61 Å². The summed E-state index contributed by atoms with van der Waals surface area (Å²) in [6, 6.07) is 10.2. The summed E-state index contributed by atoms with van der Waals surface area (Å²) in [5, 5.41) is 4.84. The van der Waals surface area contributed by atoms with Gasteiger partial charge in [-0.15, -0.1) is 0 Å². The molecule has 26 heavy (non-hydrogen) atoms. The van der Waals surface area contributed by atoms with Crippen molar-refractivity contribution >= 4 is 11.5 Å². The standard InChI is InChI=1S/C20H25N5O/c1-14-13-18(24-11-9-23(3)10-12-24)25-20(21-14)19(15(2)22-25)16-7-5-6-8-17(16)26-4/h5-8,13H,9-12H2,1-4H3. The lowest BCUT2D eigenvalue weighted by molar-refractivity contribution is 0.311. The summed E-state index contributed by atoms with van der Waals surface area (Å²) in [6.07, 6.45) is 0. The number of benzene rings is 1. The molecular weight excluding hydrogens is 326 g/mol. The number of methoxy groups -OCH3 is 1. The first-order chi connectivity index (χ1) is 12.6. The summed E-state index contributed by atoms with van der Waals surface area (Å²) in [6.45, 7) is 8.20. The third-order valence-electron chi connectivity index (χ3n) is 5.08. The molecule has 0 aliphatic carbocycles. The topological polar surface area (TPSA) is 45.9 Å². The van der Waals surface area contributed by atoms with Crippen LogP contribution in [0.15, 0.2) is 30.3 Å². The molecule has 3 heterocycles. The van der Waals surface area contributed by atoms with E-state index in [9.17, 15) is 0 Å². The molecule has 1 saturated heterocycles. The molecule has 0 amide bonds. The molecule has 1 aromatic carbocycles. The molecule has 0 bridgehead atoms. The van der Waals surface area contributed by atoms with Crippen molar-refractivity contribution in [1.82, 2.24) is 19.5 Å². The van der Waals surface area contributed by atoms with E-state index in [1.807, 2.05) is 36.6 Å². The Hall–Kier alpha value is -2.60. The van der Waals surface area contributed by atoms with Crippen molar-refractivity contribution in [2.24, 2.45) is 0 Å². The number of anilines is 1. The highest BCUT2D eigenvalue weighted by molar-refractivity contribution is 5.84. The minimum atomic E-state index is 0.843. The number of ether oxygens (including phenoxy) is 1. The zero-order valence-electron chi connectivity index (χ0n) is 15.9. The number of para-hydroxylation sites is 1. The van der Waals surface area contributed by atoms with E-state index in [1.165, 1.54) is 0 Å². The number of aryl methyl sites for hydroxylation is 2.